The summed E-state index contributed by atoms with van der Waals surface area (Å²) in [5, 5.41) is 9.55. The number of aliphatic hydroxyl groups is 1. The van der Waals surface area contributed by atoms with E-state index in [0.29, 0.717) is 0 Å². The van der Waals surface area contributed by atoms with Gasteiger partial charge in [0.25, 0.3) is 0 Å². The standard InChI is InChI=1S/C12H15NO2/c14-7-11(3-4-11)12(8-15-9-12)10-1-5-13-6-2-10/h1-2,5-6,14H,3-4,7-9H2. The molecule has 3 rings (SSSR count). The van der Waals surface area contributed by atoms with E-state index in [4.69, 9.17) is 4.74 Å². The Balaban J connectivity index is 2.00. The number of aliphatic hydroxyl groups excluding tert-OH is 1. The molecule has 0 amide bonds. The zero-order valence-corrected chi connectivity index (χ0v) is 8.65. The highest BCUT2D eigenvalue weighted by Gasteiger charge is 2.63. The number of pyridine rings is 1. The van der Waals surface area contributed by atoms with Gasteiger partial charge in [-0.05, 0) is 30.5 Å². The van der Waals surface area contributed by atoms with Gasteiger partial charge in [0.15, 0.2) is 0 Å². The van der Waals surface area contributed by atoms with Gasteiger partial charge in [0.05, 0.1) is 13.2 Å². The first-order valence-corrected chi connectivity index (χ1v) is 5.42. The second-order valence-corrected chi connectivity index (χ2v) is 4.75. The Morgan fingerprint density at radius 1 is 1.27 bits per heavy atom. The molecule has 1 N–H and O–H groups in total. The molecular formula is C12H15NO2. The highest BCUT2D eigenvalue weighted by molar-refractivity contribution is 5.33. The van der Waals surface area contributed by atoms with E-state index in [1.54, 1.807) is 0 Å². The minimum absolute atomic E-state index is 0.0602. The van der Waals surface area contributed by atoms with Crippen LogP contribution in [0.3, 0.4) is 0 Å². The average molecular weight is 205 g/mol. The van der Waals surface area contributed by atoms with Crippen molar-refractivity contribution < 1.29 is 9.84 Å². The fourth-order valence-corrected chi connectivity index (χ4v) is 2.70. The van der Waals surface area contributed by atoms with Crippen LogP contribution in [-0.4, -0.2) is 29.9 Å². The van der Waals surface area contributed by atoms with E-state index in [9.17, 15) is 5.11 Å². The summed E-state index contributed by atoms with van der Waals surface area (Å²) < 4.78 is 5.39. The van der Waals surface area contributed by atoms with Crippen molar-refractivity contribution in [1.82, 2.24) is 4.98 Å². The first-order valence-electron chi connectivity index (χ1n) is 5.42. The van der Waals surface area contributed by atoms with Crippen LogP contribution < -0.4 is 0 Å². The molecule has 1 saturated carbocycles. The summed E-state index contributed by atoms with van der Waals surface area (Å²) in [5.74, 6) is 0. The number of hydrogen-bond donors (Lipinski definition) is 1. The van der Waals surface area contributed by atoms with Crippen LogP contribution in [-0.2, 0) is 10.2 Å². The van der Waals surface area contributed by atoms with Gasteiger partial charge in [0.1, 0.15) is 0 Å². The Bertz CT molecular complexity index is 355. The van der Waals surface area contributed by atoms with Gasteiger partial charge in [-0.1, -0.05) is 0 Å². The second-order valence-electron chi connectivity index (χ2n) is 4.75. The monoisotopic (exact) mass is 205 g/mol. The number of ether oxygens (including phenoxy) is 1. The second kappa shape index (κ2) is 3.03. The van der Waals surface area contributed by atoms with Gasteiger partial charge < -0.3 is 9.84 Å². The molecule has 15 heavy (non-hydrogen) atoms. The lowest BCUT2D eigenvalue weighted by molar-refractivity contribution is -0.110. The van der Waals surface area contributed by atoms with Crippen molar-refractivity contribution in [2.45, 2.75) is 18.3 Å². The van der Waals surface area contributed by atoms with Crippen molar-refractivity contribution in [3.8, 4) is 0 Å². The Morgan fingerprint density at radius 2 is 1.93 bits per heavy atom. The van der Waals surface area contributed by atoms with Gasteiger partial charge in [0.2, 0.25) is 0 Å². The molecule has 1 aliphatic heterocycles. The van der Waals surface area contributed by atoms with Crippen LogP contribution in [0.1, 0.15) is 18.4 Å². The van der Waals surface area contributed by atoms with E-state index in [-0.39, 0.29) is 17.4 Å². The van der Waals surface area contributed by atoms with Crippen molar-refractivity contribution in [2.75, 3.05) is 19.8 Å². The van der Waals surface area contributed by atoms with Crippen LogP contribution >= 0.6 is 0 Å². The fourth-order valence-electron chi connectivity index (χ4n) is 2.70. The summed E-state index contributed by atoms with van der Waals surface area (Å²) in [6, 6.07) is 4.11. The molecule has 1 aromatic rings. The lowest BCUT2D eigenvalue weighted by atomic mass is 9.66. The molecule has 80 valence electrons. The zero-order valence-electron chi connectivity index (χ0n) is 8.65. The lowest BCUT2D eigenvalue weighted by Crippen LogP contribution is -2.54. The minimum Gasteiger partial charge on any atom is -0.396 e. The fraction of sp³-hybridized carbons (Fsp3) is 0.583. The predicted molar refractivity (Wildman–Crippen MR) is 55.5 cm³/mol. The average Bonchev–Trinajstić information content (AvgIpc) is 2.99. The minimum atomic E-state index is 0.0602. The summed E-state index contributed by atoms with van der Waals surface area (Å²) in [5.41, 5.74) is 1.42. The number of hydrogen-bond acceptors (Lipinski definition) is 3. The topological polar surface area (TPSA) is 42.4 Å². The Labute approximate surface area is 89.1 Å². The van der Waals surface area contributed by atoms with Gasteiger partial charge in [-0.15, -0.1) is 0 Å². The molecule has 2 heterocycles. The van der Waals surface area contributed by atoms with Gasteiger partial charge in [-0.2, -0.15) is 0 Å². The van der Waals surface area contributed by atoms with E-state index in [0.717, 1.165) is 26.1 Å². The largest absolute Gasteiger partial charge is 0.396 e. The van der Waals surface area contributed by atoms with Crippen molar-refractivity contribution in [1.29, 1.82) is 0 Å². The van der Waals surface area contributed by atoms with Gasteiger partial charge in [-0.3, -0.25) is 4.98 Å². The van der Waals surface area contributed by atoms with Crippen LogP contribution in [0.2, 0.25) is 0 Å². The van der Waals surface area contributed by atoms with Crippen LogP contribution in [0.15, 0.2) is 24.5 Å². The van der Waals surface area contributed by atoms with E-state index in [2.05, 4.69) is 17.1 Å². The maximum absolute atomic E-state index is 9.55. The third kappa shape index (κ3) is 1.11. The molecule has 0 radical (unpaired) electrons. The Morgan fingerprint density at radius 3 is 2.33 bits per heavy atom. The number of rotatable bonds is 3. The van der Waals surface area contributed by atoms with Crippen LogP contribution in [0.4, 0.5) is 0 Å². The first-order chi connectivity index (χ1) is 7.33. The lowest BCUT2D eigenvalue weighted by Gasteiger charge is -2.48. The molecule has 0 atom stereocenters. The maximum atomic E-state index is 9.55. The third-order valence-corrected chi connectivity index (χ3v) is 4.10. The molecule has 2 fully saturated rings. The van der Waals surface area contributed by atoms with Crippen LogP contribution in [0.25, 0.3) is 0 Å². The summed E-state index contributed by atoms with van der Waals surface area (Å²) >= 11 is 0. The van der Waals surface area contributed by atoms with Crippen molar-refractivity contribution >= 4 is 0 Å². The van der Waals surface area contributed by atoms with Crippen molar-refractivity contribution in [3.05, 3.63) is 30.1 Å². The summed E-state index contributed by atoms with van der Waals surface area (Å²) in [7, 11) is 0. The van der Waals surface area contributed by atoms with E-state index in [1.807, 2.05) is 12.4 Å². The Kier molecular flexibility index (Phi) is 1.88. The SMILES string of the molecule is OCC1(C2(c3ccncc3)COC2)CC1. The highest BCUT2D eigenvalue weighted by atomic mass is 16.5. The first kappa shape index (κ1) is 9.31. The molecular weight excluding hydrogens is 190 g/mol. The predicted octanol–water partition coefficient (Wildman–Crippen LogP) is 1.12. The molecule has 1 aliphatic carbocycles. The maximum Gasteiger partial charge on any atom is 0.0591 e. The van der Waals surface area contributed by atoms with Crippen LogP contribution in [0.5, 0.6) is 0 Å². The summed E-state index contributed by atoms with van der Waals surface area (Å²) in [6.45, 7) is 1.77. The molecule has 2 aliphatic rings. The summed E-state index contributed by atoms with van der Waals surface area (Å²) in [4.78, 5) is 4.04. The summed E-state index contributed by atoms with van der Waals surface area (Å²) in [6.07, 6.45) is 5.89. The van der Waals surface area contributed by atoms with Gasteiger partial charge in [0, 0.05) is 29.8 Å². The number of aromatic nitrogens is 1. The van der Waals surface area contributed by atoms with Crippen molar-refractivity contribution in [3.63, 3.8) is 0 Å². The molecule has 0 unspecified atom stereocenters. The van der Waals surface area contributed by atoms with Crippen molar-refractivity contribution in [2.24, 2.45) is 5.41 Å². The van der Waals surface area contributed by atoms with Gasteiger partial charge >= 0.3 is 0 Å². The molecule has 3 heteroatoms. The van der Waals surface area contributed by atoms with E-state index < -0.39 is 0 Å². The molecule has 3 nitrogen and oxygen atoms in total. The van der Waals surface area contributed by atoms with E-state index >= 15 is 0 Å². The molecule has 0 aromatic carbocycles. The van der Waals surface area contributed by atoms with E-state index in [1.165, 1.54) is 5.56 Å². The Hall–Kier alpha value is -0.930. The smallest absolute Gasteiger partial charge is 0.0591 e. The number of nitrogens with zero attached hydrogens (tertiary/aromatic N) is 1. The van der Waals surface area contributed by atoms with Gasteiger partial charge in [-0.25, -0.2) is 0 Å². The molecule has 1 saturated heterocycles. The molecule has 0 bridgehead atoms. The molecule has 1 aromatic heterocycles. The third-order valence-electron chi connectivity index (χ3n) is 4.10. The zero-order chi connectivity index (χ0) is 10.4. The quantitative estimate of drug-likeness (QED) is 0.804. The molecule has 0 spiro atoms. The normalized spacial score (nSPS) is 25.7. The van der Waals surface area contributed by atoms with Crippen LogP contribution in [0, 0.1) is 5.41 Å². The highest BCUT2D eigenvalue weighted by Crippen LogP contribution is 2.61.